The second-order valence-electron chi connectivity index (χ2n) is 6.00. The molecule has 0 bridgehead atoms. The Bertz CT molecular complexity index is 794. The lowest BCUT2D eigenvalue weighted by Gasteiger charge is -2.23. The Morgan fingerprint density at radius 1 is 1.15 bits per heavy atom. The first-order chi connectivity index (χ1) is 12.3. The fourth-order valence-corrected chi connectivity index (χ4v) is 2.42. The van der Waals surface area contributed by atoms with Crippen molar-refractivity contribution in [2.45, 2.75) is 19.9 Å². The molecule has 6 nitrogen and oxygen atoms in total. The van der Waals surface area contributed by atoms with Gasteiger partial charge in [-0.2, -0.15) is 0 Å². The van der Waals surface area contributed by atoms with E-state index in [0.29, 0.717) is 5.56 Å². The van der Waals surface area contributed by atoms with Crippen LogP contribution < -0.4 is 10.1 Å². The first-order valence-electron chi connectivity index (χ1n) is 7.89. The van der Waals surface area contributed by atoms with Crippen molar-refractivity contribution < 1.29 is 23.2 Å². The molecule has 2 aromatic carbocycles. The number of amides is 1. The summed E-state index contributed by atoms with van der Waals surface area (Å²) in [5.41, 5.74) is 0.282. The predicted molar refractivity (Wildman–Crippen MR) is 90.7 cm³/mol. The summed E-state index contributed by atoms with van der Waals surface area (Å²) < 4.78 is 31.5. The van der Waals surface area contributed by atoms with Crippen LogP contribution in [0.2, 0.25) is 0 Å². The summed E-state index contributed by atoms with van der Waals surface area (Å²) >= 11 is 0. The molecule has 0 heterocycles. The van der Waals surface area contributed by atoms with Crippen molar-refractivity contribution in [2.75, 3.05) is 6.61 Å². The van der Waals surface area contributed by atoms with Gasteiger partial charge >= 0.3 is 5.69 Å². The number of carbonyl (C=O) groups excluding carboxylic acids is 1. The van der Waals surface area contributed by atoms with Crippen LogP contribution in [0.1, 0.15) is 25.5 Å². The monoisotopic (exact) mass is 364 g/mol. The van der Waals surface area contributed by atoms with Crippen molar-refractivity contribution in [1.82, 2.24) is 5.32 Å². The summed E-state index contributed by atoms with van der Waals surface area (Å²) in [7, 11) is 0. The van der Waals surface area contributed by atoms with Gasteiger partial charge in [-0.25, -0.2) is 8.78 Å². The molecule has 26 heavy (non-hydrogen) atoms. The molecule has 8 heteroatoms. The maximum absolute atomic E-state index is 13.3. The lowest BCUT2D eigenvalue weighted by molar-refractivity contribution is -0.385. The fourth-order valence-electron chi connectivity index (χ4n) is 2.42. The number of halogens is 2. The van der Waals surface area contributed by atoms with E-state index in [9.17, 15) is 23.7 Å². The molecule has 1 amide bonds. The van der Waals surface area contributed by atoms with Gasteiger partial charge in [0.2, 0.25) is 5.75 Å². The van der Waals surface area contributed by atoms with Crippen molar-refractivity contribution in [2.24, 2.45) is 5.92 Å². The van der Waals surface area contributed by atoms with Crippen LogP contribution in [0.5, 0.6) is 5.75 Å². The van der Waals surface area contributed by atoms with E-state index in [0.717, 1.165) is 18.2 Å². The largest absolute Gasteiger partial charge is 0.477 e. The van der Waals surface area contributed by atoms with Gasteiger partial charge in [-0.15, -0.1) is 0 Å². The molecule has 0 saturated carbocycles. The van der Waals surface area contributed by atoms with E-state index >= 15 is 0 Å². The molecule has 0 saturated heterocycles. The standard InChI is InChI=1S/C18H18F2N2O4/c1-11(2)18(12-3-5-13(19)6-4-12)21-17(23)10-26-16-9-14(20)7-8-15(16)22(24)25/h3-9,11,18H,10H2,1-2H3,(H,21,23). The first kappa shape index (κ1) is 19.3. The van der Waals surface area contributed by atoms with Crippen LogP contribution in [0.15, 0.2) is 42.5 Å². The van der Waals surface area contributed by atoms with Gasteiger partial charge in [0, 0.05) is 12.1 Å². The van der Waals surface area contributed by atoms with Gasteiger partial charge in [0.25, 0.3) is 5.91 Å². The number of ether oxygens (including phenoxy) is 1. The highest BCUT2D eigenvalue weighted by Gasteiger charge is 2.21. The lowest BCUT2D eigenvalue weighted by atomic mass is 9.96. The number of nitrogens with zero attached hydrogens (tertiary/aromatic N) is 1. The second kappa shape index (κ2) is 8.37. The van der Waals surface area contributed by atoms with Crippen molar-refractivity contribution >= 4 is 11.6 Å². The number of nitrogens with one attached hydrogen (secondary N) is 1. The average Bonchev–Trinajstić information content (AvgIpc) is 2.58. The molecule has 0 radical (unpaired) electrons. The van der Waals surface area contributed by atoms with Crippen molar-refractivity contribution in [1.29, 1.82) is 0 Å². The number of hydrogen-bond donors (Lipinski definition) is 1. The van der Waals surface area contributed by atoms with E-state index < -0.39 is 35.0 Å². The number of nitro groups is 1. The fraction of sp³-hybridized carbons (Fsp3) is 0.278. The van der Waals surface area contributed by atoms with E-state index in [-0.39, 0.29) is 17.5 Å². The van der Waals surface area contributed by atoms with E-state index in [4.69, 9.17) is 4.74 Å². The highest BCUT2D eigenvalue weighted by atomic mass is 19.1. The number of hydrogen-bond acceptors (Lipinski definition) is 4. The maximum atomic E-state index is 13.3. The zero-order chi connectivity index (χ0) is 19.3. The van der Waals surface area contributed by atoms with Gasteiger partial charge in [0.15, 0.2) is 6.61 Å². The molecular formula is C18H18F2N2O4. The molecule has 1 unspecified atom stereocenters. The molecule has 2 rings (SSSR count). The Morgan fingerprint density at radius 3 is 2.35 bits per heavy atom. The number of nitro benzene ring substituents is 1. The molecular weight excluding hydrogens is 346 g/mol. The Labute approximate surface area is 148 Å². The summed E-state index contributed by atoms with van der Waals surface area (Å²) in [4.78, 5) is 22.4. The van der Waals surface area contributed by atoms with Crippen LogP contribution in [0.3, 0.4) is 0 Å². The van der Waals surface area contributed by atoms with Crippen LogP contribution in [0.25, 0.3) is 0 Å². The first-order valence-corrected chi connectivity index (χ1v) is 7.89. The summed E-state index contributed by atoms with van der Waals surface area (Å²) in [5.74, 6) is -1.95. The Morgan fingerprint density at radius 2 is 1.77 bits per heavy atom. The minimum absolute atomic E-state index is 0.00733. The van der Waals surface area contributed by atoms with Gasteiger partial charge in [0.1, 0.15) is 11.6 Å². The third kappa shape index (κ3) is 4.98. The highest BCUT2D eigenvalue weighted by molar-refractivity contribution is 5.78. The van der Waals surface area contributed by atoms with Crippen molar-refractivity contribution in [3.05, 3.63) is 69.8 Å². The quantitative estimate of drug-likeness (QED) is 0.599. The Balaban J connectivity index is 2.06. The Kier molecular flexibility index (Phi) is 6.21. The van der Waals surface area contributed by atoms with Gasteiger partial charge in [-0.05, 0) is 29.7 Å². The summed E-state index contributed by atoms with van der Waals surface area (Å²) in [5, 5.41) is 13.7. The van der Waals surface area contributed by atoms with Gasteiger partial charge in [0.05, 0.1) is 11.0 Å². The average molecular weight is 364 g/mol. The number of benzene rings is 2. The van der Waals surface area contributed by atoms with E-state index in [2.05, 4.69) is 5.32 Å². The zero-order valence-electron chi connectivity index (χ0n) is 14.2. The molecule has 0 aliphatic heterocycles. The highest BCUT2D eigenvalue weighted by Crippen LogP contribution is 2.27. The molecule has 1 N–H and O–H groups in total. The molecule has 0 fully saturated rings. The van der Waals surface area contributed by atoms with Crippen LogP contribution >= 0.6 is 0 Å². The number of rotatable bonds is 7. The SMILES string of the molecule is CC(C)C(NC(=O)COc1cc(F)ccc1[N+](=O)[O-])c1ccc(F)cc1. The predicted octanol–water partition coefficient (Wildman–Crippen LogP) is 3.77. The third-order valence-electron chi connectivity index (χ3n) is 3.69. The normalized spacial score (nSPS) is 11.9. The van der Waals surface area contributed by atoms with E-state index in [1.54, 1.807) is 12.1 Å². The Hall–Kier alpha value is -3.03. The third-order valence-corrected chi connectivity index (χ3v) is 3.69. The summed E-state index contributed by atoms with van der Waals surface area (Å²) in [6.45, 7) is 3.24. The van der Waals surface area contributed by atoms with Gasteiger partial charge in [-0.3, -0.25) is 14.9 Å². The topological polar surface area (TPSA) is 81.5 Å². The minimum Gasteiger partial charge on any atom is -0.477 e. The van der Waals surface area contributed by atoms with Crippen LogP contribution in [0, 0.1) is 27.7 Å². The summed E-state index contributed by atoms with van der Waals surface area (Å²) in [6, 6.07) is 8.09. The van der Waals surface area contributed by atoms with Gasteiger partial charge < -0.3 is 10.1 Å². The summed E-state index contributed by atoms with van der Waals surface area (Å²) in [6.07, 6.45) is 0. The van der Waals surface area contributed by atoms with Crippen LogP contribution in [0.4, 0.5) is 14.5 Å². The smallest absolute Gasteiger partial charge is 0.311 e. The van der Waals surface area contributed by atoms with E-state index in [1.807, 2.05) is 13.8 Å². The molecule has 1 atom stereocenters. The van der Waals surface area contributed by atoms with Crippen LogP contribution in [-0.4, -0.2) is 17.4 Å². The van der Waals surface area contributed by atoms with Crippen LogP contribution in [-0.2, 0) is 4.79 Å². The molecule has 0 aromatic heterocycles. The lowest BCUT2D eigenvalue weighted by Crippen LogP contribution is -2.35. The molecule has 2 aromatic rings. The second-order valence-corrected chi connectivity index (χ2v) is 6.00. The molecule has 0 spiro atoms. The maximum Gasteiger partial charge on any atom is 0.311 e. The number of carbonyl (C=O) groups is 1. The van der Waals surface area contributed by atoms with Crippen molar-refractivity contribution in [3.63, 3.8) is 0 Å². The molecule has 0 aliphatic rings. The van der Waals surface area contributed by atoms with Gasteiger partial charge in [-0.1, -0.05) is 26.0 Å². The molecule has 0 aliphatic carbocycles. The van der Waals surface area contributed by atoms with Crippen molar-refractivity contribution in [3.8, 4) is 5.75 Å². The minimum atomic E-state index is -0.720. The van der Waals surface area contributed by atoms with E-state index in [1.165, 1.54) is 12.1 Å². The molecule has 138 valence electrons. The zero-order valence-corrected chi connectivity index (χ0v) is 14.2.